The number of benzene rings is 2. The molecule has 2 heterocycles. The number of halogens is 3. The van der Waals surface area contributed by atoms with E-state index in [1.807, 2.05) is 38.8 Å². The quantitative estimate of drug-likeness (QED) is 0.391. The first-order valence-electron chi connectivity index (χ1n) is 13.2. The van der Waals surface area contributed by atoms with Gasteiger partial charge in [0.1, 0.15) is 0 Å². The van der Waals surface area contributed by atoms with Gasteiger partial charge in [-0.05, 0) is 69.3 Å². The number of amides is 1. The summed E-state index contributed by atoms with van der Waals surface area (Å²) in [6.07, 6.45) is -1.15. The zero-order chi connectivity index (χ0) is 28.9. The molecule has 2 aromatic carbocycles. The molecule has 210 valence electrons. The Morgan fingerprint density at radius 3 is 2.45 bits per heavy atom. The molecule has 0 saturated carbocycles. The Bertz CT molecular complexity index is 1420. The maximum absolute atomic E-state index is 14.0. The van der Waals surface area contributed by atoms with E-state index >= 15 is 0 Å². The van der Waals surface area contributed by atoms with Crippen molar-refractivity contribution in [1.29, 1.82) is 0 Å². The van der Waals surface area contributed by atoms with Crippen LogP contribution in [-0.2, 0) is 12.7 Å². The summed E-state index contributed by atoms with van der Waals surface area (Å²) in [5.74, 6) is 5.67. The number of aryl methyl sites for hydroxylation is 1. The number of pyridine rings is 1. The van der Waals surface area contributed by atoms with Gasteiger partial charge in [0.15, 0.2) is 0 Å². The number of hydrogen-bond acceptors (Lipinski definition) is 5. The lowest BCUT2D eigenvalue weighted by atomic mass is 10.0. The predicted octanol–water partition coefficient (Wildman–Crippen LogP) is 5.63. The third-order valence-electron chi connectivity index (χ3n) is 6.70. The molecule has 2 N–H and O–H groups in total. The second-order valence-corrected chi connectivity index (χ2v) is 10.4. The Morgan fingerprint density at radius 2 is 1.75 bits per heavy atom. The maximum atomic E-state index is 14.0. The van der Waals surface area contributed by atoms with Crippen LogP contribution in [0.15, 0.2) is 54.9 Å². The van der Waals surface area contributed by atoms with E-state index in [1.165, 1.54) is 12.1 Å². The zero-order valence-corrected chi connectivity index (χ0v) is 23.2. The van der Waals surface area contributed by atoms with Gasteiger partial charge in [-0.3, -0.25) is 14.7 Å². The Kier molecular flexibility index (Phi) is 9.13. The van der Waals surface area contributed by atoms with Gasteiger partial charge < -0.3 is 15.5 Å². The Labute approximate surface area is 233 Å². The smallest absolute Gasteiger partial charge is 0.382 e. The molecule has 6 nitrogen and oxygen atoms in total. The summed E-state index contributed by atoms with van der Waals surface area (Å²) in [5.41, 5.74) is 2.96. The van der Waals surface area contributed by atoms with Gasteiger partial charge in [0.05, 0.1) is 17.4 Å². The highest BCUT2D eigenvalue weighted by Crippen LogP contribution is 2.34. The molecule has 0 radical (unpaired) electrons. The fraction of sp³-hybridized carbons (Fsp3) is 0.355. The zero-order valence-electron chi connectivity index (χ0n) is 23.2. The Balaban J connectivity index is 1.51. The van der Waals surface area contributed by atoms with E-state index in [1.54, 1.807) is 30.6 Å². The number of anilines is 2. The van der Waals surface area contributed by atoms with Crippen molar-refractivity contribution < 1.29 is 18.0 Å². The summed E-state index contributed by atoms with van der Waals surface area (Å²) in [6.45, 7) is 9.21. The normalized spacial score (nSPS) is 14.5. The molecule has 1 fully saturated rings. The second kappa shape index (κ2) is 12.5. The van der Waals surface area contributed by atoms with Crippen LogP contribution in [0.2, 0.25) is 0 Å². The number of alkyl halides is 3. The van der Waals surface area contributed by atoms with Gasteiger partial charge in [0.25, 0.3) is 5.91 Å². The number of piperazine rings is 1. The summed E-state index contributed by atoms with van der Waals surface area (Å²) in [6, 6.07) is 11.2. The summed E-state index contributed by atoms with van der Waals surface area (Å²) in [4.78, 5) is 21.4. The Morgan fingerprint density at radius 1 is 1.00 bits per heavy atom. The summed E-state index contributed by atoms with van der Waals surface area (Å²) in [7, 11) is 2.00. The van der Waals surface area contributed by atoms with E-state index in [2.05, 4.69) is 32.4 Å². The summed E-state index contributed by atoms with van der Waals surface area (Å²) in [5, 5.41) is 5.91. The third-order valence-corrected chi connectivity index (χ3v) is 6.70. The van der Waals surface area contributed by atoms with E-state index in [9.17, 15) is 18.0 Å². The largest absolute Gasteiger partial charge is 0.416 e. The van der Waals surface area contributed by atoms with Gasteiger partial charge in [-0.2, -0.15) is 13.2 Å². The lowest BCUT2D eigenvalue weighted by Gasteiger charge is -2.33. The average Bonchev–Trinajstić information content (AvgIpc) is 2.89. The SMILES string of the molecule is Cc1ccc(C(=O)Nc2ccc(CN3CCN(C)CC3)c(C(F)(F)F)c2)cc1C#Cc1cncc(NC(C)C)c1. The maximum Gasteiger partial charge on any atom is 0.416 e. The van der Waals surface area contributed by atoms with Crippen LogP contribution >= 0.6 is 0 Å². The minimum atomic E-state index is -4.54. The van der Waals surface area contributed by atoms with Crippen LogP contribution in [0.1, 0.15) is 52.0 Å². The molecule has 0 spiro atoms. The van der Waals surface area contributed by atoms with E-state index < -0.39 is 17.6 Å². The molecular formula is C31H34F3N5O. The molecule has 4 rings (SSSR count). The van der Waals surface area contributed by atoms with Crippen LogP contribution in [0.25, 0.3) is 0 Å². The standard InChI is InChI=1S/C31H34F3N5O/c1-21(2)36-28-15-23(18-35-19-28)6-8-24-16-25(7-5-22(24)3)30(40)37-27-10-9-26(29(17-27)31(32,33)34)20-39-13-11-38(4)12-14-39/h5,7,9-10,15-19,21,36H,11-14,20H2,1-4H3,(H,37,40). The number of nitrogens with zero attached hydrogens (tertiary/aromatic N) is 3. The summed E-state index contributed by atoms with van der Waals surface area (Å²) >= 11 is 0. The first-order valence-corrected chi connectivity index (χ1v) is 13.2. The number of hydrogen-bond donors (Lipinski definition) is 2. The lowest BCUT2D eigenvalue weighted by molar-refractivity contribution is -0.138. The number of rotatable bonds is 6. The third kappa shape index (κ3) is 7.84. The molecule has 1 saturated heterocycles. The van der Waals surface area contributed by atoms with Crippen LogP contribution in [0.3, 0.4) is 0 Å². The monoisotopic (exact) mass is 549 g/mol. The fourth-order valence-electron chi connectivity index (χ4n) is 4.46. The van der Waals surface area contributed by atoms with Crippen molar-refractivity contribution in [3.05, 3.63) is 88.2 Å². The van der Waals surface area contributed by atoms with Crippen molar-refractivity contribution >= 4 is 17.3 Å². The molecule has 1 aliphatic heterocycles. The fourth-order valence-corrected chi connectivity index (χ4v) is 4.46. The predicted molar refractivity (Wildman–Crippen MR) is 152 cm³/mol. The van der Waals surface area contributed by atoms with Crippen LogP contribution < -0.4 is 10.6 Å². The van der Waals surface area contributed by atoms with Crippen molar-refractivity contribution in [3.8, 4) is 11.8 Å². The minimum Gasteiger partial charge on any atom is -0.382 e. The topological polar surface area (TPSA) is 60.5 Å². The van der Waals surface area contributed by atoms with E-state index in [4.69, 9.17) is 0 Å². The van der Waals surface area contributed by atoms with Gasteiger partial charge >= 0.3 is 6.18 Å². The number of nitrogens with one attached hydrogen (secondary N) is 2. The number of carbonyl (C=O) groups excluding carboxylic acids is 1. The molecule has 40 heavy (non-hydrogen) atoms. The van der Waals surface area contributed by atoms with Crippen molar-refractivity contribution in [2.24, 2.45) is 0 Å². The van der Waals surface area contributed by atoms with E-state index in [0.717, 1.165) is 36.0 Å². The molecule has 0 atom stereocenters. The highest BCUT2D eigenvalue weighted by atomic mass is 19.4. The molecule has 0 aliphatic carbocycles. The lowest BCUT2D eigenvalue weighted by Crippen LogP contribution is -2.44. The van der Waals surface area contributed by atoms with Gasteiger partial charge in [-0.1, -0.05) is 24.0 Å². The number of aromatic nitrogens is 1. The van der Waals surface area contributed by atoms with Crippen LogP contribution in [-0.4, -0.2) is 60.0 Å². The van der Waals surface area contributed by atoms with Gasteiger partial charge in [-0.25, -0.2) is 0 Å². The van der Waals surface area contributed by atoms with Crippen molar-refractivity contribution in [3.63, 3.8) is 0 Å². The van der Waals surface area contributed by atoms with Crippen molar-refractivity contribution in [2.75, 3.05) is 43.9 Å². The molecule has 1 aliphatic rings. The van der Waals surface area contributed by atoms with Crippen molar-refractivity contribution in [1.82, 2.24) is 14.8 Å². The summed E-state index contributed by atoms with van der Waals surface area (Å²) < 4.78 is 41.9. The van der Waals surface area contributed by atoms with Crippen LogP contribution in [0.5, 0.6) is 0 Å². The number of carbonyl (C=O) groups is 1. The first-order chi connectivity index (χ1) is 19.0. The van der Waals surface area contributed by atoms with E-state index in [0.29, 0.717) is 24.2 Å². The van der Waals surface area contributed by atoms with Gasteiger partial charge in [0.2, 0.25) is 0 Å². The van der Waals surface area contributed by atoms with Crippen molar-refractivity contribution in [2.45, 2.75) is 39.5 Å². The minimum absolute atomic E-state index is 0.0909. The van der Waals surface area contributed by atoms with Gasteiger partial charge in [-0.15, -0.1) is 0 Å². The molecule has 1 aromatic heterocycles. The first kappa shape index (κ1) is 29.1. The Hall–Kier alpha value is -3.87. The van der Waals surface area contributed by atoms with E-state index in [-0.39, 0.29) is 23.8 Å². The van der Waals surface area contributed by atoms with Crippen LogP contribution in [0.4, 0.5) is 24.5 Å². The highest BCUT2D eigenvalue weighted by molar-refractivity contribution is 6.04. The average molecular weight is 550 g/mol. The van der Waals surface area contributed by atoms with Gasteiger partial charge in [0, 0.05) is 67.3 Å². The van der Waals surface area contributed by atoms with Crippen LogP contribution in [0, 0.1) is 18.8 Å². The molecular weight excluding hydrogens is 515 g/mol. The second-order valence-electron chi connectivity index (χ2n) is 10.4. The molecule has 3 aromatic rings. The highest BCUT2D eigenvalue weighted by Gasteiger charge is 2.34. The molecule has 0 unspecified atom stereocenters. The molecule has 9 heteroatoms. The molecule has 1 amide bonds. The molecule has 0 bridgehead atoms. The number of likely N-dealkylation sites (N-methyl/N-ethyl adjacent to an activating group) is 1.